The zero-order valence-electron chi connectivity index (χ0n) is 11.1. The molecule has 3 rings (SSSR count). The molecule has 0 amide bonds. The highest BCUT2D eigenvalue weighted by Gasteiger charge is 2.24. The van der Waals surface area contributed by atoms with Crippen LogP contribution in [0.15, 0.2) is 17.1 Å². The Balaban J connectivity index is 1.68. The summed E-state index contributed by atoms with van der Waals surface area (Å²) in [7, 11) is 1.75. The number of rotatable bonds is 4. The Hall–Kier alpha value is -1.40. The lowest BCUT2D eigenvalue weighted by molar-refractivity contribution is 0.0819. The fourth-order valence-corrected chi connectivity index (χ4v) is 2.45. The minimum atomic E-state index is -0.0538. The van der Waals surface area contributed by atoms with Crippen LogP contribution >= 0.6 is 0 Å². The SMILES string of the molecule is COC1CCN(c2cnn(CC3CO3)c(=O)c2)CC1. The van der Waals surface area contributed by atoms with Crippen LogP contribution in [0.3, 0.4) is 0 Å². The van der Waals surface area contributed by atoms with Crippen LogP contribution in [0.4, 0.5) is 5.69 Å². The van der Waals surface area contributed by atoms with Crippen molar-refractivity contribution in [2.75, 3.05) is 31.7 Å². The smallest absolute Gasteiger partial charge is 0.268 e. The van der Waals surface area contributed by atoms with E-state index in [4.69, 9.17) is 9.47 Å². The summed E-state index contributed by atoms with van der Waals surface area (Å²) in [4.78, 5) is 14.2. The molecule has 2 fully saturated rings. The maximum Gasteiger partial charge on any atom is 0.268 e. The number of hydrogen-bond donors (Lipinski definition) is 0. The van der Waals surface area contributed by atoms with Crippen LogP contribution in [-0.2, 0) is 16.0 Å². The summed E-state index contributed by atoms with van der Waals surface area (Å²) >= 11 is 0. The number of methoxy groups -OCH3 is 1. The fourth-order valence-electron chi connectivity index (χ4n) is 2.45. The van der Waals surface area contributed by atoms with Crippen molar-refractivity contribution in [2.45, 2.75) is 31.6 Å². The molecule has 1 unspecified atom stereocenters. The van der Waals surface area contributed by atoms with Gasteiger partial charge in [0.1, 0.15) is 6.10 Å². The Bertz CT molecular complexity index is 490. The summed E-state index contributed by atoms with van der Waals surface area (Å²) in [5, 5.41) is 4.22. The average Bonchev–Trinajstić information content (AvgIpc) is 3.25. The quantitative estimate of drug-likeness (QED) is 0.731. The molecule has 2 aliphatic heterocycles. The standard InChI is InChI=1S/C13H19N3O3/c1-18-11-2-4-15(5-3-11)10-6-13(17)16(14-7-10)8-12-9-19-12/h6-7,11-12H,2-5,8-9H2,1H3. The van der Waals surface area contributed by atoms with Crippen LogP contribution in [-0.4, -0.2) is 48.8 Å². The molecule has 1 aromatic rings. The first-order valence-corrected chi connectivity index (χ1v) is 6.73. The van der Waals surface area contributed by atoms with Gasteiger partial charge in [0.15, 0.2) is 0 Å². The third-order valence-corrected chi connectivity index (χ3v) is 3.77. The minimum absolute atomic E-state index is 0.0538. The molecule has 104 valence electrons. The molecule has 0 aromatic carbocycles. The maximum absolute atomic E-state index is 12.0. The first-order valence-electron chi connectivity index (χ1n) is 6.73. The van der Waals surface area contributed by atoms with E-state index in [2.05, 4.69) is 10.00 Å². The molecule has 6 heteroatoms. The Morgan fingerprint density at radius 1 is 1.47 bits per heavy atom. The zero-order valence-corrected chi connectivity index (χ0v) is 11.1. The molecule has 3 heterocycles. The third-order valence-electron chi connectivity index (χ3n) is 3.77. The molecule has 1 atom stereocenters. The van der Waals surface area contributed by atoms with E-state index in [-0.39, 0.29) is 11.7 Å². The highest BCUT2D eigenvalue weighted by Crippen LogP contribution is 2.19. The molecule has 2 aliphatic rings. The molecule has 1 aromatic heterocycles. The number of aromatic nitrogens is 2. The molecule has 0 saturated carbocycles. The number of nitrogens with zero attached hydrogens (tertiary/aromatic N) is 3. The number of ether oxygens (including phenoxy) is 2. The monoisotopic (exact) mass is 265 g/mol. The van der Waals surface area contributed by atoms with Gasteiger partial charge in [0.2, 0.25) is 0 Å². The van der Waals surface area contributed by atoms with Crippen LogP contribution in [0.25, 0.3) is 0 Å². The van der Waals surface area contributed by atoms with Gasteiger partial charge in [-0.05, 0) is 12.8 Å². The van der Waals surface area contributed by atoms with Crippen molar-refractivity contribution in [3.8, 4) is 0 Å². The zero-order chi connectivity index (χ0) is 13.2. The number of anilines is 1. The summed E-state index contributed by atoms with van der Waals surface area (Å²) in [5.74, 6) is 0. The Labute approximate surface area is 111 Å². The van der Waals surface area contributed by atoms with Gasteiger partial charge in [-0.25, -0.2) is 4.68 Å². The number of hydrogen-bond acceptors (Lipinski definition) is 5. The van der Waals surface area contributed by atoms with E-state index in [9.17, 15) is 4.79 Å². The molecular formula is C13H19N3O3. The Morgan fingerprint density at radius 2 is 2.21 bits per heavy atom. The first-order chi connectivity index (χ1) is 9.26. The normalized spacial score (nSPS) is 23.6. The van der Waals surface area contributed by atoms with Crippen LogP contribution in [0.2, 0.25) is 0 Å². The summed E-state index contributed by atoms with van der Waals surface area (Å²) in [5.41, 5.74) is 0.856. The van der Waals surface area contributed by atoms with Gasteiger partial charge < -0.3 is 14.4 Å². The van der Waals surface area contributed by atoms with E-state index in [1.54, 1.807) is 19.4 Å². The second-order valence-electron chi connectivity index (χ2n) is 5.11. The minimum Gasteiger partial charge on any atom is -0.381 e. The summed E-state index contributed by atoms with van der Waals surface area (Å²) in [6, 6.07) is 1.67. The van der Waals surface area contributed by atoms with Gasteiger partial charge >= 0.3 is 0 Å². The molecule has 0 radical (unpaired) electrons. The third kappa shape index (κ3) is 2.96. The lowest BCUT2D eigenvalue weighted by atomic mass is 10.1. The Kier molecular flexibility index (Phi) is 3.52. The highest BCUT2D eigenvalue weighted by atomic mass is 16.6. The van der Waals surface area contributed by atoms with Gasteiger partial charge in [0, 0.05) is 26.3 Å². The summed E-state index contributed by atoms with van der Waals surface area (Å²) in [6.45, 7) is 3.12. The van der Waals surface area contributed by atoms with Crippen molar-refractivity contribution >= 4 is 5.69 Å². The fraction of sp³-hybridized carbons (Fsp3) is 0.692. The second kappa shape index (κ2) is 5.30. The highest BCUT2D eigenvalue weighted by molar-refractivity contribution is 5.43. The molecule has 0 bridgehead atoms. The summed E-state index contributed by atoms with van der Waals surface area (Å²) in [6.07, 6.45) is 4.28. The van der Waals surface area contributed by atoms with E-state index in [0.717, 1.165) is 38.2 Å². The van der Waals surface area contributed by atoms with Crippen molar-refractivity contribution in [1.29, 1.82) is 0 Å². The lowest BCUT2D eigenvalue weighted by Crippen LogP contribution is -2.37. The molecule has 6 nitrogen and oxygen atoms in total. The van der Waals surface area contributed by atoms with Crippen LogP contribution < -0.4 is 10.5 Å². The lowest BCUT2D eigenvalue weighted by Gasteiger charge is -2.32. The molecule has 19 heavy (non-hydrogen) atoms. The van der Waals surface area contributed by atoms with Crippen molar-refractivity contribution < 1.29 is 9.47 Å². The number of epoxide rings is 1. The van der Waals surface area contributed by atoms with E-state index in [1.807, 2.05) is 0 Å². The van der Waals surface area contributed by atoms with Gasteiger partial charge in [-0.1, -0.05) is 0 Å². The van der Waals surface area contributed by atoms with Gasteiger partial charge in [0.25, 0.3) is 5.56 Å². The summed E-state index contributed by atoms with van der Waals surface area (Å²) < 4.78 is 11.9. The Morgan fingerprint density at radius 3 is 2.79 bits per heavy atom. The van der Waals surface area contributed by atoms with E-state index in [1.165, 1.54) is 4.68 Å². The van der Waals surface area contributed by atoms with Gasteiger partial charge in [0.05, 0.1) is 31.1 Å². The van der Waals surface area contributed by atoms with E-state index >= 15 is 0 Å². The van der Waals surface area contributed by atoms with Gasteiger partial charge in [-0.3, -0.25) is 4.79 Å². The molecular weight excluding hydrogens is 246 g/mol. The molecule has 0 N–H and O–H groups in total. The van der Waals surface area contributed by atoms with Crippen LogP contribution in [0.5, 0.6) is 0 Å². The second-order valence-corrected chi connectivity index (χ2v) is 5.11. The van der Waals surface area contributed by atoms with Crippen LogP contribution in [0, 0.1) is 0 Å². The molecule has 0 spiro atoms. The van der Waals surface area contributed by atoms with Gasteiger partial charge in [-0.15, -0.1) is 0 Å². The predicted molar refractivity (Wildman–Crippen MR) is 70.5 cm³/mol. The first kappa shape index (κ1) is 12.6. The van der Waals surface area contributed by atoms with Crippen molar-refractivity contribution in [1.82, 2.24) is 9.78 Å². The van der Waals surface area contributed by atoms with E-state index < -0.39 is 0 Å². The topological polar surface area (TPSA) is 59.9 Å². The largest absolute Gasteiger partial charge is 0.381 e. The molecule has 2 saturated heterocycles. The average molecular weight is 265 g/mol. The predicted octanol–water partition coefficient (Wildman–Crippen LogP) is 0.257. The maximum atomic E-state index is 12.0. The van der Waals surface area contributed by atoms with Gasteiger partial charge in [-0.2, -0.15) is 5.10 Å². The van der Waals surface area contributed by atoms with Crippen molar-refractivity contribution in [3.63, 3.8) is 0 Å². The molecule has 0 aliphatic carbocycles. The van der Waals surface area contributed by atoms with E-state index in [0.29, 0.717) is 12.6 Å². The number of piperidine rings is 1. The van der Waals surface area contributed by atoms with Crippen LogP contribution in [0.1, 0.15) is 12.8 Å². The van der Waals surface area contributed by atoms with Crippen molar-refractivity contribution in [2.24, 2.45) is 0 Å². The van der Waals surface area contributed by atoms with Crippen molar-refractivity contribution in [3.05, 3.63) is 22.6 Å².